The van der Waals surface area contributed by atoms with E-state index in [9.17, 15) is 37.4 Å². The second-order valence-electron chi connectivity index (χ2n) is 13.8. The van der Waals surface area contributed by atoms with Crippen LogP contribution in [0, 0.1) is 11.2 Å². The first-order valence-corrected chi connectivity index (χ1v) is 16.0. The highest BCUT2D eigenvalue weighted by Gasteiger charge is 2.58. The van der Waals surface area contributed by atoms with Crippen LogP contribution in [0.3, 0.4) is 0 Å². The first-order valence-electron chi connectivity index (χ1n) is 16.0. The summed E-state index contributed by atoms with van der Waals surface area (Å²) in [4.78, 5) is 35.5. The molecule has 1 saturated carbocycles. The van der Waals surface area contributed by atoms with Crippen molar-refractivity contribution >= 4 is 22.7 Å². The molecule has 0 radical (unpaired) electrons. The van der Waals surface area contributed by atoms with Gasteiger partial charge in [-0.25, -0.2) is 9.37 Å². The van der Waals surface area contributed by atoms with E-state index in [1.54, 1.807) is 32.2 Å². The first-order chi connectivity index (χ1) is 23.5. The minimum absolute atomic E-state index is 0.000901. The molecular weight excluding hydrogens is 660 g/mol. The van der Waals surface area contributed by atoms with E-state index in [4.69, 9.17) is 9.47 Å². The van der Waals surface area contributed by atoms with Crippen molar-refractivity contribution in [1.29, 1.82) is 0 Å². The lowest BCUT2D eigenvalue weighted by Gasteiger charge is -2.32. The van der Waals surface area contributed by atoms with Crippen molar-refractivity contribution in [2.24, 2.45) is 5.41 Å². The lowest BCUT2D eigenvalue weighted by molar-refractivity contribution is -0.265. The molecule has 264 valence electrons. The number of hydrogen-bond donors (Lipinski definition) is 4. The van der Waals surface area contributed by atoms with E-state index in [1.807, 2.05) is 0 Å². The number of benzene rings is 2. The van der Waals surface area contributed by atoms with Crippen LogP contribution >= 0.6 is 0 Å². The van der Waals surface area contributed by atoms with Crippen molar-refractivity contribution in [3.63, 3.8) is 0 Å². The summed E-state index contributed by atoms with van der Waals surface area (Å²) in [5, 5.41) is 26.6. The summed E-state index contributed by atoms with van der Waals surface area (Å²) in [6, 6.07) is 11.9. The number of rotatable bonds is 11. The van der Waals surface area contributed by atoms with Crippen LogP contribution in [-0.2, 0) is 15.8 Å². The molecule has 4 N–H and O–H groups in total. The molecule has 0 saturated heterocycles. The summed E-state index contributed by atoms with van der Waals surface area (Å²) in [6.45, 7) is 3.09. The number of hydrogen-bond acceptors (Lipinski definition) is 8. The Kier molecular flexibility index (Phi) is 8.97. The molecule has 14 heteroatoms. The fraction of sp³-hybridized carbons (Fsp3) is 0.389. The second-order valence-corrected chi connectivity index (χ2v) is 13.8. The van der Waals surface area contributed by atoms with Crippen molar-refractivity contribution in [2.45, 2.75) is 56.9 Å². The smallest absolute Gasteiger partial charge is 0.424 e. The Morgan fingerprint density at radius 1 is 1.06 bits per heavy atom. The van der Waals surface area contributed by atoms with Crippen LogP contribution in [0.4, 0.5) is 17.6 Å². The number of halogens is 4. The molecule has 0 spiro atoms. The van der Waals surface area contributed by atoms with Gasteiger partial charge in [0.2, 0.25) is 11.5 Å². The van der Waals surface area contributed by atoms with Gasteiger partial charge in [0.25, 0.3) is 5.91 Å². The van der Waals surface area contributed by atoms with Gasteiger partial charge < -0.3 is 30.3 Å². The summed E-state index contributed by atoms with van der Waals surface area (Å²) < 4.78 is 70.7. The molecule has 0 bridgehead atoms. The van der Waals surface area contributed by atoms with Gasteiger partial charge in [-0.05, 0) is 68.3 Å². The Labute approximate surface area is 284 Å². The zero-order chi connectivity index (χ0) is 36.1. The Balaban J connectivity index is 1.39. The standard InChI is InChI=1S/C36H36F4N4O6/c1-33(2,18-45)16-43-32(47)34(3)19-49-30-25(34)15-27(44-29(30)20-6-8-23(37)9-7-20)35(48,36(38,39)40)17-42-31(46)22-13-21-5-4-12-41-28(21)26(14-22)50-24-10-11-24/h4-9,12-15,24,45,48H,10-11,16-19H2,1-3H3,(H,42,46)(H,43,47)/t34-,35?/m0/s1. The molecule has 1 aliphatic heterocycles. The normalized spacial score (nSPS) is 18.6. The largest absolute Gasteiger partial charge is 0.489 e. The van der Waals surface area contributed by atoms with Crippen LogP contribution in [0.5, 0.6) is 11.5 Å². The Morgan fingerprint density at radius 3 is 2.44 bits per heavy atom. The number of carbonyl (C=O) groups is 2. The highest BCUT2D eigenvalue weighted by Crippen LogP contribution is 2.48. The van der Waals surface area contributed by atoms with E-state index in [1.165, 1.54) is 31.2 Å². The summed E-state index contributed by atoms with van der Waals surface area (Å²) in [6.07, 6.45) is -2.22. The van der Waals surface area contributed by atoms with Crippen LogP contribution in [0.2, 0.25) is 0 Å². The number of carbonyl (C=O) groups excluding carboxylic acids is 2. The Bertz CT molecular complexity index is 1950. The zero-order valence-corrected chi connectivity index (χ0v) is 27.5. The quantitative estimate of drug-likeness (QED) is 0.162. The molecule has 6 rings (SSSR count). The topological polar surface area (TPSA) is 143 Å². The van der Waals surface area contributed by atoms with Crippen LogP contribution < -0.4 is 20.1 Å². The highest BCUT2D eigenvalue weighted by atomic mass is 19.4. The van der Waals surface area contributed by atoms with Gasteiger partial charge in [0.05, 0.1) is 18.3 Å². The van der Waals surface area contributed by atoms with Crippen LogP contribution in [-0.4, -0.2) is 70.6 Å². The summed E-state index contributed by atoms with van der Waals surface area (Å²) in [7, 11) is 0. The van der Waals surface area contributed by atoms with E-state index in [0.717, 1.165) is 31.0 Å². The third kappa shape index (κ3) is 6.69. The molecular formula is C36H36F4N4O6. The first kappa shape index (κ1) is 35.0. The molecule has 10 nitrogen and oxygen atoms in total. The van der Waals surface area contributed by atoms with Crippen LogP contribution in [0.25, 0.3) is 22.2 Å². The molecule has 2 atom stereocenters. The van der Waals surface area contributed by atoms with Gasteiger partial charge >= 0.3 is 6.18 Å². The minimum Gasteiger partial charge on any atom is -0.489 e. The molecule has 1 fully saturated rings. The number of nitrogens with zero attached hydrogens (tertiary/aromatic N) is 2. The molecule has 3 heterocycles. The number of fused-ring (bicyclic) bond motifs is 2. The predicted octanol–water partition coefficient (Wildman–Crippen LogP) is 4.94. The fourth-order valence-corrected chi connectivity index (χ4v) is 5.55. The van der Waals surface area contributed by atoms with Crippen molar-refractivity contribution < 1.29 is 46.8 Å². The number of amides is 2. The average Bonchev–Trinajstić information content (AvgIpc) is 3.85. The van der Waals surface area contributed by atoms with Gasteiger partial charge in [0.15, 0.2) is 0 Å². The van der Waals surface area contributed by atoms with E-state index in [0.29, 0.717) is 16.7 Å². The maximum absolute atomic E-state index is 15.0. The maximum atomic E-state index is 15.0. The highest BCUT2D eigenvalue weighted by molar-refractivity contribution is 6.00. The van der Waals surface area contributed by atoms with Crippen LogP contribution in [0.15, 0.2) is 60.8 Å². The lowest BCUT2D eigenvalue weighted by Crippen LogP contribution is -2.52. The van der Waals surface area contributed by atoms with Crippen LogP contribution in [0.1, 0.15) is 55.2 Å². The average molecular weight is 697 g/mol. The molecule has 2 amide bonds. The lowest BCUT2D eigenvalue weighted by atomic mass is 9.81. The third-order valence-corrected chi connectivity index (χ3v) is 8.99. The van der Waals surface area contributed by atoms with Gasteiger partial charge in [0, 0.05) is 46.8 Å². The molecule has 4 aromatic rings. The SMILES string of the molecule is CC(C)(CO)CNC(=O)[C@@]1(C)COc2c1cc(C(O)(CNC(=O)c1cc(OC3CC3)c3ncccc3c1)C(F)(F)F)nc2-c1ccc(F)cc1. The number of alkyl halides is 3. The zero-order valence-electron chi connectivity index (χ0n) is 27.5. The molecule has 2 aliphatic rings. The predicted molar refractivity (Wildman–Crippen MR) is 174 cm³/mol. The molecule has 1 unspecified atom stereocenters. The number of ether oxygens (including phenoxy) is 2. The van der Waals surface area contributed by atoms with Gasteiger partial charge in [-0.1, -0.05) is 19.9 Å². The number of aromatic nitrogens is 2. The third-order valence-electron chi connectivity index (χ3n) is 8.99. The minimum atomic E-state index is -5.38. The van der Waals surface area contributed by atoms with Crippen molar-refractivity contribution in [2.75, 3.05) is 26.3 Å². The Hall–Kier alpha value is -4.82. The van der Waals surface area contributed by atoms with Gasteiger partial charge in [0.1, 0.15) is 40.5 Å². The summed E-state index contributed by atoms with van der Waals surface area (Å²) in [5.41, 5.74) is -6.44. The summed E-state index contributed by atoms with van der Waals surface area (Å²) >= 11 is 0. The number of aliphatic hydroxyl groups excluding tert-OH is 1. The van der Waals surface area contributed by atoms with E-state index in [2.05, 4.69) is 20.6 Å². The number of pyridine rings is 2. The molecule has 1 aliphatic carbocycles. The maximum Gasteiger partial charge on any atom is 0.424 e. The van der Waals surface area contributed by atoms with Gasteiger partial charge in [-0.3, -0.25) is 14.6 Å². The summed E-state index contributed by atoms with van der Waals surface area (Å²) in [5.74, 6) is -1.83. The Morgan fingerprint density at radius 2 is 1.78 bits per heavy atom. The van der Waals surface area contributed by atoms with Crippen molar-refractivity contribution in [1.82, 2.24) is 20.6 Å². The number of aliphatic hydroxyl groups is 2. The monoisotopic (exact) mass is 696 g/mol. The van der Waals surface area contributed by atoms with Crippen molar-refractivity contribution in [3.05, 3.63) is 83.4 Å². The van der Waals surface area contributed by atoms with E-state index >= 15 is 0 Å². The van der Waals surface area contributed by atoms with E-state index < -0.39 is 52.5 Å². The number of nitrogens with one attached hydrogen (secondary N) is 2. The van der Waals surface area contributed by atoms with Gasteiger partial charge in [-0.15, -0.1) is 0 Å². The fourth-order valence-electron chi connectivity index (χ4n) is 5.55. The van der Waals surface area contributed by atoms with Crippen molar-refractivity contribution in [3.8, 4) is 22.8 Å². The molecule has 2 aromatic carbocycles. The molecule has 50 heavy (non-hydrogen) atoms. The van der Waals surface area contributed by atoms with E-state index in [-0.39, 0.29) is 54.0 Å². The molecule has 2 aromatic heterocycles. The second kappa shape index (κ2) is 12.8. The van der Waals surface area contributed by atoms with Gasteiger partial charge in [-0.2, -0.15) is 13.2 Å².